The Balaban J connectivity index is 1.85. The summed E-state index contributed by atoms with van der Waals surface area (Å²) >= 11 is 0. The van der Waals surface area contributed by atoms with Gasteiger partial charge in [0.25, 0.3) is 5.56 Å². The molecule has 5 nitrogen and oxygen atoms in total. The molecule has 2 aromatic carbocycles. The number of aromatic amines is 1. The van der Waals surface area contributed by atoms with Gasteiger partial charge >= 0.3 is 0 Å². The van der Waals surface area contributed by atoms with Gasteiger partial charge in [0.15, 0.2) is 11.5 Å². The van der Waals surface area contributed by atoms with Crippen LogP contribution in [-0.4, -0.2) is 19.7 Å². The standard InChI is InChI=1S/C19H16N4O/c1-12-7-9-13(10-8-12)18-20-19(24)17(21-22-18)15-11-23(2)16-6-4-3-5-14(15)16/h3-11H,1-2H3,(H,20,22,24). The highest BCUT2D eigenvalue weighted by molar-refractivity contribution is 5.94. The van der Waals surface area contributed by atoms with Crippen LogP contribution in [-0.2, 0) is 7.05 Å². The summed E-state index contributed by atoms with van der Waals surface area (Å²) in [6.45, 7) is 2.02. The Labute approximate surface area is 138 Å². The van der Waals surface area contributed by atoms with E-state index in [1.54, 1.807) is 0 Å². The van der Waals surface area contributed by atoms with Gasteiger partial charge in [-0.05, 0) is 13.0 Å². The fourth-order valence-electron chi connectivity index (χ4n) is 2.89. The van der Waals surface area contributed by atoms with Crippen LogP contribution in [0.2, 0.25) is 0 Å². The van der Waals surface area contributed by atoms with Gasteiger partial charge in [-0.1, -0.05) is 48.0 Å². The maximum absolute atomic E-state index is 12.6. The molecule has 0 saturated heterocycles. The second-order valence-electron chi connectivity index (χ2n) is 5.89. The summed E-state index contributed by atoms with van der Waals surface area (Å²) < 4.78 is 1.99. The average Bonchev–Trinajstić information content (AvgIpc) is 2.93. The Morgan fingerprint density at radius 1 is 1.00 bits per heavy atom. The zero-order chi connectivity index (χ0) is 16.7. The van der Waals surface area contributed by atoms with Gasteiger partial charge in [0, 0.05) is 35.3 Å². The highest BCUT2D eigenvalue weighted by atomic mass is 16.1. The molecule has 0 unspecified atom stereocenters. The van der Waals surface area contributed by atoms with Crippen molar-refractivity contribution in [2.75, 3.05) is 0 Å². The first kappa shape index (κ1) is 14.4. The first-order chi connectivity index (χ1) is 11.6. The van der Waals surface area contributed by atoms with Crippen molar-refractivity contribution in [2.45, 2.75) is 6.92 Å². The normalized spacial score (nSPS) is 11.1. The number of rotatable bonds is 2. The van der Waals surface area contributed by atoms with E-state index in [9.17, 15) is 4.79 Å². The molecule has 24 heavy (non-hydrogen) atoms. The third-order valence-electron chi connectivity index (χ3n) is 4.17. The number of benzene rings is 2. The molecule has 0 aliphatic heterocycles. The summed E-state index contributed by atoms with van der Waals surface area (Å²) in [5.74, 6) is 0.476. The minimum Gasteiger partial charge on any atom is -0.350 e. The summed E-state index contributed by atoms with van der Waals surface area (Å²) in [5, 5.41) is 9.41. The third kappa shape index (κ3) is 2.31. The highest BCUT2D eigenvalue weighted by Gasteiger charge is 2.14. The second kappa shape index (κ2) is 5.45. The van der Waals surface area contributed by atoms with Crippen molar-refractivity contribution in [1.29, 1.82) is 0 Å². The molecule has 0 saturated carbocycles. The molecule has 0 fully saturated rings. The molecule has 0 amide bonds. The van der Waals surface area contributed by atoms with Gasteiger partial charge in [-0.2, -0.15) is 0 Å². The number of para-hydroxylation sites is 1. The predicted molar refractivity (Wildman–Crippen MR) is 94.7 cm³/mol. The lowest BCUT2D eigenvalue weighted by molar-refractivity contribution is 0.950. The van der Waals surface area contributed by atoms with Gasteiger partial charge in [0.05, 0.1) is 0 Å². The van der Waals surface area contributed by atoms with Crippen molar-refractivity contribution >= 4 is 10.9 Å². The fourth-order valence-corrected chi connectivity index (χ4v) is 2.89. The number of aryl methyl sites for hydroxylation is 2. The summed E-state index contributed by atoms with van der Waals surface area (Å²) in [6.07, 6.45) is 1.91. The molecular formula is C19H16N4O. The first-order valence-electron chi connectivity index (χ1n) is 7.72. The minimum atomic E-state index is -0.239. The average molecular weight is 316 g/mol. The minimum absolute atomic E-state index is 0.239. The summed E-state index contributed by atoms with van der Waals surface area (Å²) in [5.41, 5.74) is 3.93. The number of hydrogen-bond acceptors (Lipinski definition) is 3. The molecule has 1 N–H and O–H groups in total. The lowest BCUT2D eigenvalue weighted by Gasteiger charge is -2.02. The van der Waals surface area contributed by atoms with E-state index in [1.807, 2.05) is 73.3 Å². The van der Waals surface area contributed by atoms with Gasteiger partial charge in [0.2, 0.25) is 0 Å². The Morgan fingerprint density at radius 2 is 1.75 bits per heavy atom. The molecule has 0 bridgehead atoms. The van der Waals surface area contributed by atoms with Crippen LogP contribution in [0.1, 0.15) is 5.56 Å². The van der Waals surface area contributed by atoms with Crippen molar-refractivity contribution in [3.8, 4) is 22.6 Å². The molecule has 0 aliphatic carbocycles. The Kier molecular flexibility index (Phi) is 3.27. The molecule has 4 aromatic rings. The van der Waals surface area contributed by atoms with E-state index in [0.29, 0.717) is 11.5 Å². The number of nitrogens with zero attached hydrogens (tertiary/aromatic N) is 3. The smallest absolute Gasteiger partial charge is 0.278 e. The monoisotopic (exact) mass is 316 g/mol. The number of H-pyrrole nitrogens is 1. The number of fused-ring (bicyclic) bond motifs is 1. The molecule has 2 aromatic heterocycles. The maximum atomic E-state index is 12.6. The zero-order valence-electron chi connectivity index (χ0n) is 13.4. The number of nitrogens with one attached hydrogen (secondary N) is 1. The van der Waals surface area contributed by atoms with Crippen molar-refractivity contribution in [3.63, 3.8) is 0 Å². The zero-order valence-corrected chi connectivity index (χ0v) is 13.4. The van der Waals surface area contributed by atoms with Gasteiger partial charge in [0.1, 0.15) is 0 Å². The number of hydrogen-bond donors (Lipinski definition) is 1. The van der Waals surface area contributed by atoms with Crippen LogP contribution in [0.3, 0.4) is 0 Å². The summed E-state index contributed by atoms with van der Waals surface area (Å²) in [4.78, 5) is 15.4. The van der Waals surface area contributed by atoms with Crippen LogP contribution < -0.4 is 5.56 Å². The van der Waals surface area contributed by atoms with Crippen LogP contribution >= 0.6 is 0 Å². The van der Waals surface area contributed by atoms with E-state index in [1.165, 1.54) is 0 Å². The predicted octanol–water partition coefficient (Wildman–Crippen LogP) is 3.30. The molecule has 0 atom stereocenters. The van der Waals surface area contributed by atoms with Gasteiger partial charge in [-0.25, -0.2) is 0 Å². The largest absolute Gasteiger partial charge is 0.350 e. The van der Waals surface area contributed by atoms with Gasteiger partial charge in [-0.3, -0.25) is 4.79 Å². The highest BCUT2D eigenvalue weighted by Crippen LogP contribution is 2.26. The molecule has 0 spiro atoms. The van der Waals surface area contributed by atoms with Crippen molar-refractivity contribution in [1.82, 2.24) is 19.7 Å². The molecule has 5 heteroatoms. The quantitative estimate of drug-likeness (QED) is 0.617. The van der Waals surface area contributed by atoms with Crippen molar-refractivity contribution < 1.29 is 0 Å². The van der Waals surface area contributed by atoms with Gasteiger partial charge in [-0.15, -0.1) is 10.2 Å². The Bertz CT molecular complexity index is 1090. The molecule has 2 heterocycles. The van der Waals surface area contributed by atoms with E-state index in [4.69, 9.17) is 0 Å². The lowest BCUT2D eigenvalue weighted by Crippen LogP contribution is -2.14. The first-order valence-corrected chi connectivity index (χ1v) is 7.72. The van der Waals surface area contributed by atoms with Crippen molar-refractivity contribution in [3.05, 3.63) is 70.6 Å². The summed E-state index contributed by atoms with van der Waals surface area (Å²) in [7, 11) is 1.95. The Morgan fingerprint density at radius 3 is 2.50 bits per heavy atom. The van der Waals surface area contributed by atoms with E-state index < -0.39 is 0 Å². The topological polar surface area (TPSA) is 63.6 Å². The van der Waals surface area contributed by atoms with Gasteiger partial charge < -0.3 is 9.55 Å². The van der Waals surface area contributed by atoms with E-state index in [-0.39, 0.29) is 5.56 Å². The number of aromatic nitrogens is 4. The van der Waals surface area contributed by atoms with Crippen molar-refractivity contribution in [2.24, 2.45) is 7.05 Å². The lowest BCUT2D eigenvalue weighted by atomic mass is 10.1. The third-order valence-corrected chi connectivity index (χ3v) is 4.17. The molecule has 0 radical (unpaired) electrons. The van der Waals surface area contributed by atoms with Crippen LogP contribution in [0.5, 0.6) is 0 Å². The second-order valence-corrected chi connectivity index (χ2v) is 5.89. The van der Waals surface area contributed by atoms with Crippen LogP contribution in [0.25, 0.3) is 33.5 Å². The van der Waals surface area contributed by atoms with E-state index in [0.717, 1.165) is 27.6 Å². The molecule has 0 aliphatic rings. The summed E-state index contributed by atoms with van der Waals surface area (Å²) in [6, 6.07) is 15.7. The molecule has 4 rings (SSSR count). The van der Waals surface area contributed by atoms with Crippen LogP contribution in [0.15, 0.2) is 59.5 Å². The van der Waals surface area contributed by atoms with Crippen LogP contribution in [0, 0.1) is 6.92 Å². The SMILES string of the molecule is Cc1ccc(-c2nnc(-c3cn(C)c4ccccc34)c(=O)[nH]2)cc1. The Hall–Kier alpha value is -3.21. The maximum Gasteiger partial charge on any atom is 0.278 e. The molecular weight excluding hydrogens is 300 g/mol. The van der Waals surface area contributed by atoms with E-state index >= 15 is 0 Å². The van der Waals surface area contributed by atoms with E-state index in [2.05, 4.69) is 15.2 Å². The fraction of sp³-hybridized carbons (Fsp3) is 0.105. The van der Waals surface area contributed by atoms with Crippen LogP contribution in [0.4, 0.5) is 0 Å². The molecule has 118 valence electrons.